The van der Waals surface area contributed by atoms with Gasteiger partial charge < -0.3 is 15.1 Å². The lowest BCUT2D eigenvalue weighted by atomic mass is 9.95. The highest BCUT2D eigenvalue weighted by molar-refractivity contribution is 7.80. The van der Waals surface area contributed by atoms with Crippen LogP contribution in [-0.4, -0.2) is 42.2 Å². The quantitative estimate of drug-likeness (QED) is 0.828. The Balaban J connectivity index is 1.32. The van der Waals surface area contributed by atoms with Crippen LogP contribution in [0, 0.1) is 25.7 Å². The zero-order valence-corrected chi connectivity index (χ0v) is 15.7. The van der Waals surface area contributed by atoms with Crippen molar-refractivity contribution >= 4 is 23.0 Å². The largest absolute Gasteiger partial charge is 0.368 e. The summed E-state index contributed by atoms with van der Waals surface area (Å²) in [6, 6.07) is 7.40. The molecular formula is C20H29N3S. The van der Waals surface area contributed by atoms with Gasteiger partial charge in [0.25, 0.3) is 0 Å². The number of rotatable bonds is 2. The van der Waals surface area contributed by atoms with Gasteiger partial charge in [0.2, 0.25) is 0 Å². The lowest BCUT2D eigenvalue weighted by Crippen LogP contribution is -2.54. The standard InChI is InChI=1S/C20H29N3S/c1-14-3-4-15(2)19(11-14)22-7-9-23(10-8-22)20(24)21-18-13-16-5-6-17(18)12-16/h3-4,11,16-18H,5-10,12-13H2,1-2H3,(H,21,24)/t16-,17+,18+/m0/s1. The predicted octanol–water partition coefficient (Wildman–Crippen LogP) is 3.49. The van der Waals surface area contributed by atoms with Gasteiger partial charge in [0, 0.05) is 37.9 Å². The Morgan fingerprint density at radius 1 is 1.08 bits per heavy atom. The van der Waals surface area contributed by atoms with E-state index in [-0.39, 0.29) is 0 Å². The Labute approximate surface area is 151 Å². The minimum atomic E-state index is 0.647. The maximum Gasteiger partial charge on any atom is 0.169 e. The van der Waals surface area contributed by atoms with Crippen LogP contribution in [0.3, 0.4) is 0 Å². The smallest absolute Gasteiger partial charge is 0.169 e. The molecule has 1 N–H and O–H groups in total. The number of hydrogen-bond acceptors (Lipinski definition) is 2. The number of aryl methyl sites for hydroxylation is 2. The van der Waals surface area contributed by atoms with Crippen LogP contribution in [0.1, 0.15) is 36.8 Å². The van der Waals surface area contributed by atoms with Crippen molar-refractivity contribution in [2.45, 2.75) is 45.6 Å². The zero-order valence-electron chi connectivity index (χ0n) is 14.9. The van der Waals surface area contributed by atoms with Gasteiger partial charge in [-0.05, 0) is 74.4 Å². The van der Waals surface area contributed by atoms with Crippen LogP contribution >= 0.6 is 12.2 Å². The van der Waals surface area contributed by atoms with Crippen LogP contribution in [0.15, 0.2) is 18.2 Å². The van der Waals surface area contributed by atoms with E-state index in [4.69, 9.17) is 12.2 Å². The molecule has 130 valence electrons. The van der Waals surface area contributed by atoms with Crippen molar-refractivity contribution < 1.29 is 0 Å². The fourth-order valence-electron chi connectivity index (χ4n) is 4.88. The first-order valence-corrected chi connectivity index (χ1v) is 9.88. The molecule has 1 aliphatic heterocycles. The molecule has 0 radical (unpaired) electrons. The van der Waals surface area contributed by atoms with Crippen LogP contribution in [0.5, 0.6) is 0 Å². The average Bonchev–Trinajstić information content (AvgIpc) is 3.20. The number of benzene rings is 1. The van der Waals surface area contributed by atoms with Gasteiger partial charge in [0.1, 0.15) is 0 Å². The maximum atomic E-state index is 5.72. The van der Waals surface area contributed by atoms with Crippen molar-refractivity contribution in [3.05, 3.63) is 29.3 Å². The summed E-state index contributed by atoms with van der Waals surface area (Å²) in [5, 5.41) is 4.69. The highest BCUT2D eigenvalue weighted by atomic mass is 32.1. The van der Waals surface area contributed by atoms with Gasteiger partial charge in [-0.25, -0.2) is 0 Å². The summed E-state index contributed by atoms with van der Waals surface area (Å²) in [5.74, 6) is 1.85. The van der Waals surface area contributed by atoms with E-state index < -0.39 is 0 Å². The number of thiocarbonyl (C=S) groups is 1. The number of piperazine rings is 1. The summed E-state index contributed by atoms with van der Waals surface area (Å²) >= 11 is 5.72. The first-order chi connectivity index (χ1) is 11.6. The first-order valence-electron chi connectivity index (χ1n) is 9.48. The topological polar surface area (TPSA) is 18.5 Å². The Bertz CT molecular complexity index is 621. The van der Waals surface area contributed by atoms with Crippen LogP contribution in [0.4, 0.5) is 5.69 Å². The zero-order chi connectivity index (χ0) is 16.7. The lowest BCUT2D eigenvalue weighted by molar-refractivity contribution is 0.345. The van der Waals surface area contributed by atoms with Crippen molar-refractivity contribution in [2.24, 2.45) is 11.8 Å². The maximum absolute atomic E-state index is 5.72. The molecule has 4 heteroatoms. The summed E-state index contributed by atoms with van der Waals surface area (Å²) < 4.78 is 0. The van der Waals surface area contributed by atoms with Gasteiger partial charge in [-0.2, -0.15) is 0 Å². The summed E-state index contributed by atoms with van der Waals surface area (Å²) in [4.78, 5) is 4.89. The minimum absolute atomic E-state index is 0.647. The highest BCUT2D eigenvalue weighted by Crippen LogP contribution is 2.44. The van der Waals surface area contributed by atoms with E-state index in [0.717, 1.165) is 43.1 Å². The second-order valence-corrected chi connectivity index (χ2v) is 8.38. The summed E-state index contributed by atoms with van der Waals surface area (Å²) in [7, 11) is 0. The van der Waals surface area contributed by atoms with E-state index >= 15 is 0 Å². The van der Waals surface area contributed by atoms with Crippen molar-refractivity contribution in [3.63, 3.8) is 0 Å². The Kier molecular flexibility index (Phi) is 4.42. The molecule has 1 aromatic carbocycles. The van der Waals surface area contributed by atoms with Gasteiger partial charge in [-0.1, -0.05) is 18.6 Å². The highest BCUT2D eigenvalue weighted by Gasteiger charge is 2.40. The molecule has 3 atom stereocenters. The van der Waals surface area contributed by atoms with Crippen molar-refractivity contribution in [2.75, 3.05) is 31.1 Å². The molecule has 2 aliphatic carbocycles. The molecule has 2 bridgehead atoms. The van der Waals surface area contributed by atoms with E-state index in [2.05, 4.69) is 47.2 Å². The molecule has 4 rings (SSSR count). The first kappa shape index (κ1) is 16.2. The van der Waals surface area contributed by atoms with E-state index in [0.29, 0.717) is 6.04 Å². The molecule has 3 aliphatic rings. The molecule has 1 heterocycles. The molecule has 24 heavy (non-hydrogen) atoms. The molecule has 0 amide bonds. The third-order valence-corrected chi connectivity index (χ3v) is 6.70. The van der Waals surface area contributed by atoms with E-state index in [1.165, 1.54) is 42.5 Å². The van der Waals surface area contributed by atoms with Gasteiger partial charge in [0.15, 0.2) is 5.11 Å². The molecule has 2 saturated carbocycles. The third kappa shape index (κ3) is 3.13. The molecule has 1 saturated heterocycles. The Morgan fingerprint density at radius 2 is 1.88 bits per heavy atom. The van der Waals surface area contributed by atoms with Crippen LogP contribution in [0.25, 0.3) is 0 Å². The second kappa shape index (κ2) is 6.55. The monoisotopic (exact) mass is 343 g/mol. The molecule has 1 aromatic rings. The number of nitrogens with one attached hydrogen (secondary N) is 1. The van der Waals surface area contributed by atoms with Crippen LogP contribution in [0.2, 0.25) is 0 Å². The summed E-state index contributed by atoms with van der Waals surface area (Å²) in [6.07, 6.45) is 5.63. The minimum Gasteiger partial charge on any atom is -0.368 e. The Morgan fingerprint density at radius 3 is 2.54 bits per heavy atom. The summed E-state index contributed by atoms with van der Waals surface area (Å²) in [5.41, 5.74) is 4.10. The van der Waals surface area contributed by atoms with Crippen molar-refractivity contribution in [1.82, 2.24) is 10.2 Å². The predicted molar refractivity (Wildman–Crippen MR) is 105 cm³/mol. The molecule has 0 unspecified atom stereocenters. The number of hydrogen-bond donors (Lipinski definition) is 1. The van der Waals surface area contributed by atoms with E-state index in [9.17, 15) is 0 Å². The number of anilines is 1. The van der Waals surface area contributed by atoms with Crippen LogP contribution in [-0.2, 0) is 0 Å². The lowest BCUT2D eigenvalue weighted by Gasteiger charge is -2.39. The molecule has 0 spiro atoms. The van der Waals surface area contributed by atoms with Gasteiger partial charge >= 0.3 is 0 Å². The molecule has 3 fully saturated rings. The SMILES string of the molecule is Cc1ccc(C)c(N2CCN(C(=S)N[C@@H]3C[C@H]4CC[C@@H]3C4)CC2)c1. The number of nitrogens with zero attached hydrogens (tertiary/aromatic N) is 2. The molecule has 3 nitrogen and oxygen atoms in total. The van der Waals surface area contributed by atoms with Crippen LogP contribution < -0.4 is 10.2 Å². The normalized spacial score (nSPS) is 29.2. The van der Waals surface area contributed by atoms with Gasteiger partial charge in [-0.15, -0.1) is 0 Å². The van der Waals surface area contributed by atoms with E-state index in [1.807, 2.05) is 0 Å². The molecule has 0 aromatic heterocycles. The average molecular weight is 344 g/mol. The van der Waals surface area contributed by atoms with Crippen molar-refractivity contribution in [1.29, 1.82) is 0 Å². The second-order valence-electron chi connectivity index (χ2n) is 7.99. The van der Waals surface area contributed by atoms with E-state index in [1.54, 1.807) is 0 Å². The van der Waals surface area contributed by atoms with Gasteiger partial charge in [0.05, 0.1) is 0 Å². The molecular weight excluding hydrogens is 314 g/mol. The summed E-state index contributed by atoms with van der Waals surface area (Å²) in [6.45, 7) is 8.56. The fourth-order valence-corrected chi connectivity index (χ4v) is 5.22. The number of fused-ring (bicyclic) bond motifs is 2. The fraction of sp³-hybridized carbons (Fsp3) is 0.650. The van der Waals surface area contributed by atoms with Crippen molar-refractivity contribution in [3.8, 4) is 0 Å². The Hall–Kier alpha value is -1.29. The van der Waals surface area contributed by atoms with Gasteiger partial charge in [-0.3, -0.25) is 0 Å². The third-order valence-electron chi connectivity index (χ3n) is 6.32.